The second-order valence-corrected chi connectivity index (χ2v) is 6.39. The van der Waals surface area contributed by atoms with Gasteiger partial charge in [0.05, 0.1) is 12.5 Å². The number of anilines is 3. The summed E-state index contributed by atoms with van der Waals surface area (Å²) >= 11 is 0. The Hall–Kier alpha value is -3.42. The lowest BCUT2D eigenvalue weighted by Gasteiger charge is -2.34. The third-order valence-electron chi connectivity index (χ3n) is 4.45. The maximum atomic E-state index is 12.3. The lowest BCUT2D eigenvalue weighted by atomic mass is 10.2. The van der Waals surface area contributed by atoms with E-state index in [2.05, 4.69) is 20.5 Å². The van der Waals surface area contributed by atoms with Crippen molar-refractivity contribution in [2.24, 2.45) is 0 Å². The van der Waals surface area contributed by atoms with E-state index in [0.29, 0.717) is 43.7 Å². The van der Waals surface area contributed by atoms with Crippen molar-refractivity contribution >= 4 is 23.4 Å². The molecule has 1 aromatic carbocycles. The van der Waals surface area contributed by atoms with E-state index in [1.54, 1.807) is 23.2 Å². The van der Waals surface area contributed by atoms with Gasteiger partial charge >= 0.3 is 0 Å². The number of furan rings is 1. The number of rotatable bonds is 4. The zero-order valence-corrected chi connectivity index (χ0v) is 15.0. The topological polar surface area (TPSA) is 87.4 Å². The summed E-state index contributed by atoms with van der Waals surface area (Å²) in [5.41, 5.74) is 2.14. The summed E-state index contributed by atoms with van der Waals surface area (Å²) < 4.78 is 5.19. The van der Waals surface area contributed by atoms with Crippen molar-refractivity contribution in [1.82, 2.24) is 20.1 Å². The average Bonchev–Trinajstić information content (AvgIpc) is 3.24. The van der Waals surface area contributed by atoms with Gasteiger partial charge in [0, 0.05) is 31.9 Å². The van der Waals surface area contributed by atoms with Crippen LogP contribution in [-0.2, 0) is 0 Å². The van der Waals surface area contributed by atoms with Crippen molar-refractivity contribution in [2.75, 3.05) is 36.4 Å². The first-order chi connectivity index (χ1) is 13.2. The minimum atomic E-state index is -0.0894. The first-order valence-corrected chi connectivity index (χ1v) is 8.80. The fourth-order valence-corrected chi connectivity index (χ4v) is 2.94. The maximum absolute atomic E-state index is 12.3. The molecule has 0 aliphatic carbocycles. The van der Waals surface area contributed by atoms with Crippen LogP contribution in [0.3, 0.4) is 0 Å². The van der Waals surface area contributed by atoms with Gasteiger partial charge in [-0.05, 0) is 31.2 Å². The highest BCUT2D eigenvalue weighted by Crippen LogP contribution is 2.18. The van der Waals surface area contributed by atoms with Crippen LogP contribution in [-0.4, -0.2) is 52.2 Å². The number of benzene rings is 1. The van der Waals surface area contributed by atoms with Crippen LogP contribution < -0.4 is 10.2 Å². The highest BCUT2D eigenvalue weighted by atomic mass is 16.3. The molecule has 138 valence electrons. The van der Waals surface area contributed by atoms with E-state index < -0.39 is 0 Å². The van der Waals surface area contributed by atoms with Crippen LogP contribution >= 0.6 is 0 Å². The monoisotopic (exact) mass is 364 g/mol. The predicted octanol–water partition coefficient (Wildman–Crippen LogP) is 2.48. The van der Waals surface area contributed by atoms with E-state index in [4.69, 9.17) is 4.42 Å². The number of hydrogen-bond acceptors (Lipinski definition) is 7. The van der Waals surface area contributed by atoms with Crippen LogP contribution in [0.2, 0.25) is 0 Å². The number of nitrogens with one attached hydrogen (secondary N) is 1. The molecule has 0 saturated carbocycles. The minimum Gasteiger partial charge on any atom is -0.459 e. The van der Waals surface area contributed by atoms with E-state index >= 15 is 0 Å². The minimum absolute atomic E-state index is 0.0894. The predicted molar refractivity (Wildman–Crippen MR) is 101 cm³/mol. The fraction of sp³-hybridized carbons (Fsp3) is 0.263. The quantitative estimate of drug-likeness (QED) is 0.761. The molecular weight excluding hydrogens is 344 g/mol. The Kier molecular flexibility index (Phi) is 4.69. The van der Waals surface area contributed by atoms with Crippen LogP contribution in [0.25, 0.3) is 0 Å². The molecule has 1 fully saturated rings. The molecule has 4 rings (SSSR count). The molecule has 2 aromatic heterocycles. The molecule has 27 heavy (non-hydrogen) atoms. The van der Waals surface area contributed by atoms with Crippen LogP contribution in [0.1, 0.15) is 16.1 Å². The molecule has 3 heterocycles. The summed E-state index contributed by atoms with van der Waals surface area (Å²) in [6.45, 7) is 4.49. The first kappa shape index (κ1) is 17.0. The summed E-state index contributed by atoms with van der Waals surface area (Å²) in [6.07, 6.45) is 3.11. The van der Waals surface area contributed by atoms with E-state index in [1.165, 1.54) is 11.8 Å². The van der Waals surface area contributed by atoms with Gasteiger partial charge in [0.25, 0.3) is 5.91 Å². The van der Waals surface area contributed by atoms with Gasteiger partial charge in [-0.3, -0.25) is 4.79 Å². The third-order valence-corrected chi connectivity index (χ3v) is 4.45. The van der Waals surface area contributed by atoms with Gasteiger partial charge in [0.2, 0.25) is 5.95 Å². The Labute approximate surface area is 156 Å². The highest BCUT2D eigenvalue weighted by molar-refractivity contribution is 5.91. The van der Waals surface area contributed by atoms with Crippen LogP contribution in [0.5, 0.6) is 0 Å². The standard InChI is InChI=1S/C19H20N6O2/c1-14-4-6-15(7-5-14)21-17-13-20-23-19(22-17)25-10-8-24(9-11-25)18(26)16-3-2-12-27-16/h2-7,12-13H,8-11H2,1H3,(H,21,22,23). The fourth-order valence-electron chi connectivity index (χ4n) is 2.94. The Morgan fingerprint density at radius 3 is 2.59 bits per heavy atom. The summed E-state index contributed by atoms with van der Waals surface area (Å²) in [4.78, 5) is 20.7. The molecule has 0 radical (unpaired) electrons. The van der Waals surface area contributed by atoms with E-state index in [-0.39, 0.29) is 5.91 Å². The molecule has 1 aliphatic rings. The lowest BCUT2D eigenvalue weighted by molar-refractivity contribution is 0.0714. The highest BCUT2D eigenvalue weighted by Gasteiger charge is 2.25. The Bertz CT molecular complexity index is 902. The number of aromatic nitrogens is 3. The zero-order chi connectivity index (χ0) is 18.6. The van der Waals surface area contributed by atoms with Crippen LogP contribution in [0.4, 0.5) is 17.5 Å². The van der Waals surface area contributed by atoms with E-state index in [0.717, 1.165) is 5.69 Å². The first-order valence-electron chi connectivity index (χ1n) is 8.80. The van der Waals surface area contributed by atoms with Crippen molar-refractivity contribution < 1.29 is 9.21 Å². The maximum Gasteiger partial charge on any atom is 0.289 e. The molecule has 1 aliphatic heterocycles. The SMILES string of the molecule is Cc1ccc(Nc2cnnc(N3CCN(C(=O)c4ccco4)CC3)n2)cc1. The third kappa shape index (κ3) is 3.89. The number of carbonyl (C=O) groups excluding carboxylic acids is 1. The normalized spacial score (nSPS) is 14.3. The Morgan fingerprint density at radius 2 is 1.89 bits per heavy atom. The van der Waals surface area contributed by atoms with Crippen molar-refractivity contribution in [1.29, 1.82) is 0 Å². The molecule has 0 atom stereocenters. The number of nitrogens with zero attached hydrogens (tertiary/aromatic N) is 5. The van der Waals surface area contributed by atoms with Gasteiger partial charge in [-0.1, -0.05) is 17.7 Å². The zero-order valence-electron chi connectivity index (χ0n) is 15.0. The van der Waals surface area contributed by atoms with E-state index in [1.807, 2.05) is 36.1 Å². The van der Waals surface area contributed by atoms with Gasteiger partial charge in [-0.15, -0.1) is 5.10 Å². The van der Waals surface area contributed by atoms with Gasteiger partial charge in [0.15, 0.2) is 11.6 Å². The largest absolute Gasteiger partial charge is 0.459 e. The van der Waals surface area contributed by atoms with Gasteiger partial charge < -0.3 is 19.5 Å². The van der Waals surface area contributed by atoms with Crippen LogP contribution in [0.15, 0.2) is 53.3 Å². The van der Waals surface area contributed by atoms with Gasteiger partial charge in [-0.2, -0.15) is 10.1 Å². The number of piperazine rings is 1. The smallest absolute Gasteiger partial charge is 0.289 e. The van der Waals surface area contributed by atoms with Gasteiger partial charge in [0.1, 0.15) is 0 Å². The van der Waals surface area contributed by atoms with Crippen molar-refractivity contribution in [3.8, 4) is 0 Å². The second-order valence-electron chi connectivity index (χ2n) is 6.39. The van der Waals surface area contributed by atoms with Crippen LogP contribution in [0, 0.1) is 6.92 Å². The summed E-state index contributed by atoms with van der Waals surface area (Å²) in [7, 11) is 0. The number of amides is 1. The molecular formula is C19H20N6O2. The molecule has 1 N–H and O–H groups in total. The Balaban J connectivity index is 1.40. The average molecular weight is 364 g/mol. The molecule has 8 heteroatoms. The van der Waals surface area contributed by atoms with Gasteiger partial charge in [-0.25, -0.2) is 0 Å². The molecule has 1 saturated heterocycles. The molecule has 0 unspecified atom stereocenters. The number of hydrogen-bond donors (Lipinski definition) is 1. The molecule has 8 nitrogen and oxygen atoms in total. The molecule has 0 spiro atoms. The summed E-state index contributed by atoms with van der Waals surface area (Å²) in [6, 6.07) is 11.5. The second kappa shape index (κ2) is 7.45. The summed E-state index contributed by atoms with van der Waals surface area (Å²) in [5, 5.41) is 11.4. The number of aryl methyl sites for hydroxylation is 1. The lowest BCUT2D eigenvalue weighted by Crippen LogP contribution is -2.49. The summed E-state index contributed by atoms with van der Waals surface area (Å²) in [5.74, 6) is 1.47. The Morgan fingerprint density at radius 1 is 1.11 bits per heavy atom. The molecule has 0 bridgehead atoms. The molecule has 3 aromatic rings. The number of carbonyl (C=O) groups is 1. The van der Waals surface area contributed by atoms with E-state index in [9.17, 15) is 4.79 Å². The van der Waals surface area contributed by atoms with Crippen molar-refractivity contribution in [2.45, 2.75) is 6.92 Å². The van der Waals surface area contributed by atoms with Crippen molar-refractivity contribution in [3.05, 3.63) is 60.2 Å². The van der Waals surface area contributed by atoms with Crippen molar-refractivity contribution in [3.63, 3.8) is 0 Å². The molecule has 1 amide bonds.